The van der Waals surface area contributed by atoms with Crippen molar-refractivity contribution in [3.8, 4) is 0 Å². The van der Waals surface area contributed by atoms with E-state index >= 15 is 0 Å². The highest BCUT2D eigenvalue weighted by Crippen LogP contribution is 1.84. The van der Waals surface area contributed by atoms with E-state index in [-0.39, 0.29) is 12.8 Å². The average Bonchev–Trinajstić information content (AvgIpc) is 2.29. The molecule has 0 rings (SSSR count). The Labute approximate surface area is 105 Å². The molecule has 8 heteroatoms. The predicted molar refractivity (Wildman–Crippen MR) is 65.9 cm³/mol. The predicted octanol–water partition coefficient (Wildman–Crippen LogP) is -1.27. The third kappa shape index (κ3) is 9.43. The average molecular weight is 258 g/mol. The summed E-state index contributed by atoms with van der Waals surface area (Å²) >= 11 is 0. The van der Waals surface area contributed by atoms with Crippen LogP contribution in [-0.4, -0.2) is 46.7 Å². The van der Waals surface area contributed by atoms with E-state index in [1.165, 1.54) is 12.4 Å². The molecule has 0 heterocycles. The zero-order chi connectivity index (χ0) is 14.0. The summed E-state index contributed by atoms with van der Waals surface area (Å²) < 4.78 is 0. The number of amides is 2. The summed E-state index contributed by atoms with van der Waals surface area (Å²) in [5, 5.41) is 24.7. The Morgan fingerprint density at radius 1 is 1.00 bits per heavy atom. The molecule has 18 heavy (non-hydrogen) atoms. The van der Waals surface area contributed by atoms with Crippen LogP contribution in [0.4, 0.5) is 0 Å². The normalized spacial score (nSPS) is 14.7. The van der Waals surface area contributed by atoms with Crippen molar-refractivity contribution in [3.05, 3.63) is 0 Å². The van der Waals surface area contributed by atoms with Gasteiger partial charge in [0.25, 0.3) is 0 Å². The van der Waals surface area contributed by atoms with Gasteiger partial charge in [-0.1, -0.05) is 0 Å². The minimum Gasteiger partial charge on any atom is -0.393 e. The molecule has 0 aromatic carbocycles. The van der Waals surface area contributed by atoms with Gasteiger partial charge < -0.3 is 10.2 Å². The Bertz CT molecular complexity index is 294. The molecule has 102 valence electrons. The monoisotopic (exact) mass is 258 g/mol. The molecule has 4 N–H and O–H groups in total. The van der Waals surface area contributed by atoms with Crippen LogP contribution in [0.25, 0.3) is 0 Å². The number of nitrogens with zero attached hydrogens (tertiary/aromatic N) is 2. The third-order valence-electron chi connectivity index (χ3n) is 1.61. The van der Waals surface area contributed by atoms with Gasteiger partial charge in [0, 0.05) is 25.3 Å². The van der Waals surface area contributed by atoms with Crippen molar-refractivity contribution in [1.29, 1.82) is 0 Å². The molecule has 0 radical (unpaired) electrons. The first-order valence-corrected chi connectivity index (χ1v) is 5.43. The lowest BCUT2D eigenvalue weighted by molar-refractivity contribution is -0.139. The van der Waals surface area contributed by atoms with Crippen LogP contribution in [-0.2, 0) is 9.59 Å². The van der Waals surface area contributed by atoms with Crippen LogP contribution >= 0.6 is 0 Å². The number of hydrazone groups is 2. The summed E-state index contributed by atoms with van der Waals surface area (Å²) in [7, 11) is 0. The second-order valence-electron chi connectivity index (χ2n) is 3.67. The number of aliphatic hydroxyl groups is 2. The lowest BCUT2D eigenvalue weighted by atomic mass is 10.3. The van der Waals surface area contributed by atoms with Gasteiger partial charge in [0.05, 0.1) is 12.2 Å². The summed E-state index contributed by atoms with van der Waals surface area (Å²) in [6, 6.07) is 0. The van der Waals surface area contributed by atoms with Crippen LogP contribution in [0, 0.1) is 0 Å². The van der Waals surface area contributed by atoms with Crippen LogP contribution in [0.2, 0.25) is 0 Å². The number of carbonyl (C=O) groups is 2. The minimum absolute atomic E-state index is 0.272. The molecular formula is C10H18N4O4. The summed E-state index contributed by atoms with van der Waals surface area (Å²) in [5.74, 6) is -1.93. The van der Waals surface area contributed by atoms with Crippen molar-refractivity contribution in [2.45, 2.75) is 38.9 Å². The van der Waals surface area contributed by atoms with Gasteiger partial charge in [-0.25, -0.2) is 10.9 Å². The quantitative estimate of drug-likeness (QED) is 0.269. The van der Waals surface area contributed by atoms with Gasteiger partial charge in [-0.15, -0.1) is 0 Å². The molecule has 2 amide bonds. The van der Waals surface area contributed by atoms with E-state index < -0.39 is 24.0 Å². The van der Waals surface area contributed by atoms with Crippen molar-refractivity contribution >= 4 is 24.2 Å². The Hall–Kier alpha value is -1.80. The fourth-order valence-electron chi connectivity index (χ4n) is 0.721. The summed E-state index contributed by atoms with van der Waals surface area (Å²) in [6.07, 6.45) is 1.98. The zero-order valence-electron chi connectivity index (χ0n) is 10.3. The number of hydrogen-bond donors (Lipinski definition) is 4. The lowest BCUT2D eigenvalue weighted by Gasteiger charge is -1.99. The molecule has 0 aliphatic heterocycles. The smallest absolute Gasteiger partial charge is 0.331 e. The maximum atomic E-state index is 11.1. The zero-order valence-corrected chi connectivity index (χ0v) is 10.3. The number of carbonyl (C=O) groups excluding carboxylic acids is 2. The fraction of sp³-hybridized carbons (Fsp3) is 0.600. The molecule has 0 saturated heterocycles. The standard InChI is InChI=1S/C10H18N4O4/c1-7(15)3-5-11-13-9(17)10(18)14-12-6-4-8(2)16/h5-8,15-16H,3-4H2,1-2H3,(H,13,17)(H,14,18)/b11-5+,12-6?. The maximum absolute atomic E-state index is 11.1. The molecule has 0 fully saturated rings. The first-order chi connectivity index (χ1) is 8.43. The van der Waals surface area contributed by atoms with Gasteiger partial charge in [0.1, 0.15) is 0 Å². The molecule has 0 saturated carbocycles. The van der Waals surface area contributed by atoms with Crippen molar-refractivity contribution in [1.82, 2.24) is 10.9 Å². The largest absolute Gasteiger partial charge is 0.393 e. The van der Waals surface area contributed by atoms with Crippen LogP contribution in [0.5, 0.6) is 0 Å². The van der Waals surface area contributed by atoms with Gasteiger partial charge >= 0.3 is 11.8 Å². The van der Waals surface area contributed by atoms with Crippen molar-refractivity contribution in [2.75, 3.05) is 0 Å². The highest BCUT2D eigenvalue weighted by Gasteiger charge is 2.10. The molecule has 8 nitrogen and oxygen atoms in total. The van der Waals surface area contributed by atoms with Crippen LogP contribution < -0.4 is 10.9 Å². The number of hydrogen-bond acceptors (Lipinski definition) is 6. The second-order valence-corrected chi connectivity index (χ2v) is 3.67. The van der Waals surface area contributed by atoms with Crippen LogP contribution in [0.1, 0.15) is 26.7 Å². The van der Waals surface area contributed by atoms with Crippen LogP contribution in [0.15, 0.2) is 10.2 Å². The lowest BCUT2D eigenvalue weighted by Crippen LogP contribution is -2.35. The molecular weight excluding hydrogens is 240 g/mol. The SMILES string of the molecule is CC(O)CC=NNC(=O)C(=O)N/N=C/CC(C)O. The number of aliphatic hydroxyl groups excluding tert-OH is 2. The minimum atomic E-state index is -0.967. The van der Waals surface area contributed by atoms with E-state index in [4.69, 9.17) is 10.2 Å². The highest BCUT2D eigenvalue weighted by atomic mass is 16.3. The van der Waals surface area contributed by atoms with Crippen molar-refractivity contribution in [2.24, 2.45) is 10.2 Å². The molecule has 0 aromatic rings. The molecule has 0 aliphatic carbocycles. The summed E-state index contributed by atoms with van der Waals surface area (Å²) in [5.41, 5.74) is 3.94. The van der Waals surface area contributed by atoms with Crippen molar-refractivity contribution in [3.63, 3.8) is 0 Å². The van der Waals surface area contributed by atoms with Crippen LogP contribution in [0.3, 0.4) is 0 Å². The summed E-state index contributed by atoms with van der Waals surface area (Å²) in [6.45, 7) is 3.13. The van der Waals surface area contributed by atoms with E-state index in [0.717, 1.165) is 0 Å². The van der Waals surface area contributed by atoms with Gasteiger partial charge in [0.15, 0.2) is 0 Å². The second kappa shape index (κ2) is 9.25. The topological polar surface area (TPSA) is 123 Å². The van der Waals surface area contributed by atoms with E-state index in [9.17, 15) is 9.59 Å². The highest BCUT2D eigenvalue weighted by molar-refractivity contribution is 6.35. The van der Waals surface area contributed by atoms with Gasteiger partial charge in [-0.2, -0.15) is 10.2 Å². The van der Waals surface area contributed by atoms with Crippen molar-refractivity contribution < 1.29 is 19.8 Å². The molecule has 0 aliphatic rings. The molecule has 0 aromatic heterocycles. The first-order valence-electron chi connectivity index (χ1n) is 5.43. The molecule has 2 unspecified atom stereocenters. The first kappa shape index (κ1) is 16.2. The van der Waals surface area contributed by atoms with E-state index in [1.54, 1.807) is 13.8 Å². The van der Waals surface area contributed by atoms with E-state index in [0.29, 0.717) is 0 Å². The Morgan fingerprint density at radius 2 is 1.33 bits per heavy atom. The maximum Gasteiger partial charge on any atom is 0.331 e. The Balaban J connectivity index is 3.86. The molecule has 2 atom stereocenters. The number of nitrogens with one attached hydrogen (secondary N) is 2. The van der Waals surface area contributed by atoms with Gasteiger partial charge in [-0.05, 0) is 13.8 Å². The van der Waals surface area contributed by atoms with E-state index in [2.05, 4.69) is 10.2 Å². The fourth-order valence-corrected chi connectivity index (χ4v) is 0.721. The van der Waals surface area contributed by atoms with Gasteiger partial charge in [0.2, 0.25) is 0 Å². The van der Waals surface area contributed by atoms with Gasteiger partial charge in [-0.3, -0.25) is 9.59 Å². The Kier molecular flexibility index (Phi) is 8.33. The third-order valence-corrected chi connectivity index (χ3v) is 1.61. The van der Waals surface area contributed by atoms with E-state index in [1.807, 2.05) is 10.9 Å². The Morgan fingerprint density at radius 3 is 1.61 bits per heavy atom. The summed E-state index contributed by atoms with van der Waals surface area (Å²) in [4.78, 5) is 22.2. The molecule has 0 spiro atoms. The number of rotatable bonds is 6. The molecule has 0 bridgehead atoms.